The minimum absolute atomic E-state index is 0.0341. The van der Waals surface area contributed by atoms with Crippen molar-refractivity contribution in [2.45, 2.75) is 52.7 Å². The second kappa shape index (κ2) is 9.06. The molecule has 2 aromatic carbocycles. The topological polar surface area (TPSA) is 90.4 Å². The van der Waals surface area contributed by atoms with E-state index in [0.29, 0.717) is 5.56 Å². The Morgan fingerprint density at radius 1 is 1.18 bits per heavy atom. The number of fused-ring (bicyclic) bond motifs is 3. The summed E-state index contributed by atoms with van der Waals surface area (Å²) in [6, 6.07) is 8.53. The van der Waals surface area contributed by atoms with E-state index >= 15 is 0 Å². The summed E-state index contributed by atoms with van der Waals surface area (Å²) in [5, 5.41) is 7.68. The number of halogens is 2. The largest absolute Gasteiger partial charge is 0.352 e. The van der Waals surface area contributed by atoms with Gasteiger partial charge in [-0.15, -0.1) is 5.10 Å². The number of nitrogens with zero attached hydrogens (tertiary/aromatic N) is 4. The van der Waals surface area contributed by atoms with Gasteiger partial charge in [0, 0.05) is 28.2 Å². The van der Waals surface area contributed by atoms with Crippen LogP contribution in [0, 0.1) is 5.82 Å². The van der Waals surface area contributed by atoms with E-state index in [1.165, 1.54) is 33.2 Å². The molecule has 0 spiro atoms. The van der Waals surface area contributed by atoms with E-state index in [0.717, 1.165) is 11.1 Å². The first-order chi connectivity index (χ1) is 16.1. The van der Waals surface area contributed by atoms with Crippen LogP contribution in [0.25, 0.3) is 16.7 Å². The maximum atomic E-state index is 14.4. The Morgan fingerprint density at radius 3 is 2.56 bits per heavy atom. The quantitative estimate of drug-likeness (QED) is 0.450. The number of amides is 1. The second-order valence-electron chi connectivity index (χ2n) is 8.56. The molecule has 1 atom stereocenters. The number of carbonyl (C=O) groups is 1. The van der Waals surface area contributed by atoms with E-state index in [4.69, 9.17) is 11.6 Å². The summed E-state index contributed by atoms with van der Waals surface area (Å²) in [5.41, 5.74) is -0.233. The standard InChI is InChI=1S/C24H25ClFN5O3/c1-5-14(4)27-21(32)15-9-10-16-20(11-15)31-23(30(13(2)3)22(16)33)28-29(24(31)34)12-17-18(25)7-6-8-19(17)26/h6-11,13-14H,5,12H2,1-4H3,(H,27,32)/t14-/m0/s1. The van der Waals surface area contributed by atoms with Gasteiger partial charge in [0.1, 0.15) is 5.82 Å². The van der Waals surface area contributed by atoms with E-state index in [1.807, 2.05) is 13.8 Å². The molecule has 4 aromatic rings. The van der Waals surface area contributed by atoms with Crippen molar-refractivity contribution in [3.8, 4) is 0 Å². The highest BCUT2D eigenvalue weighted by molar-refractivity contribution is 6.31. The van der Waals surface area contributed by atoms with E-state index in [9.17, 15) is 18.8 Å². The third-order valence-electron chi connectivity index (χ3n) is 5.86. The fourth-order valence-corrected chi connectivity index (χ4v) is 4.06. The SMILES string of the molecule is CC[C@H](C)NC(=O)c1ccc2c(=O)n(C(C)C)c3nn(Cc4c(F)cccc4Cl)c(=O)n3c2c1. The predicted molar refractivity (Wildman–Crippen MR) is 129 cm³/mol. The van der Waals surface area contributed by atoms with Gasteiger partial charge < -0.3 is 5.32 Å². The Labute approximate surface area is 199 Å². The van der Waals surface area contributed by atoms with Crippen molar-refractivity contribution in [1.29, 1.82) is 0 Å². The first kappa shape index (κ1) is 23.7. The highest BCUT2D eigenvalue weighted by atomic mass is 35.5. The highest BCUT2D eigenvalue weighted by Crippen LogP contribution is 2.21. The van der Waals surface area contributed by atoms with Crippen LogP contribution < -0.4 is 16.6 Å². The minimum atomic E-state index is -0.576. The minimum Gasteiger partial charge on any atom is -0.350 e. The monoisotopic (exact) mass is 485 g/mol. The van der Waals surface area contributed by atoms with Gasteiger partial charge in [0.05, 0.1) is 17.4 Å². The molecule has 34 heavy (non-hydrogen) atoms. The van der Waals surface area contributed by atoms with Crippen LogP contribution in [0.3, 0.4) is 0 Å². The first-order valence-corrected chi connectivity index (χ1v) is 11.4. The van der Waals surface area contributed by atoms with Crippen molar-refractivity contribution >= 4 is 34.2 Å². The highest BCUT2D eigenvalue weighted by Gasteiger charge is 2.21. The van der Waals surface area contributed by atoms with Crippen LogP contribution >= 0.6 is 11.6 Å². The van der Waals surface area contributed by atoms with Gasteiger partial charge in [-0.3, -0.25) is 14.2 Å². The molecule has 0 aliphatic heterocycles. The second-order valence-corrected chi connectivity index (χ2v) is 8.97. The molecule has 0 aliphatic carbocycles. The average Bonchev–Trinajstić information content (AvgIpc) is 3.11. The summed E-state index contributed by atoms with van der Waals surface area (Å²) >= 11 is 6.15. The summed E-state index contributed by atoms with van der Waals surface area (Å²) in [6.45, 7) is 7.24. The average molecular weight is 486 g/mol. The number of rotatable bonds is 6. The summed E-state index contributed by atoms with van der Waals surface area (Å²) in [5.74, 6) is -0.771. The predicted octanol–water partition coefficient (Wildman–Crippen LogP) is 3.76. The molecule has 0 radical (unpaired) electrons. The van der Waals surface area contributed by atoms with Gasteiger partial charge in [-0.1, -0.05) is 24.6 Å². The van der Waals surface area contributed by atoms with Crippen LogP contribution in [0.2, 0.25) is 5.02 Å². The van der Waals surface area contributed by atoms with Crippen LogP contribution in [-0.2, 0) is 6.54 Å². The molecular weight excluding hydrogens is 461 g/mol. The fraction of sp³-hybridized carbons (Fsp3) is 0.333. The molecule has 1 N–H and O–H groups in total. The molecule has 0 unspecified atom stereocenters. The lowest BCUT2D eigenvalue weighted by Crippen LogP contribution is -2.32. The fourth-order valence-electron chi connectivity index (χ4n) is 3.83. The van der Waals surface area contributed by atoms with Gasteiger partial charge in [-0.25, -0.2) is 18.3 Å². The Hall–Kier alpha value is -3.46. The van der Waals surface area contributed by atoms with Crippen LogP contribution in [0.1, 0.15) is 56.1 Å². The lowest BCUT2D eigenvalue weighted by atomic mass is 10.1. The van der Waals surface area contributed by atoms with Crippen LogP contribution in [0.5, 0.6) is 0 Å². The van der Waals surface area contributed by atoms with Crippen molar-refractivity contribution in [3.63, 3.8) is 0 Å². The van der Waals surface area contributed by atoms with Gasteiger partial charge in [0.2, 0.25) is 5.78 Å². The Morgan fingerprint density at radius 2 is 1.91 bits per heavy atom. The molecule has 2 aromatic heterocycles. The number of nitrogens with one attached hydrogen (secondary N) is 1. The molecule has 1 amide bonds. The van der Waals surface area contributed by atoms with Gasteiger partial charge in [0.25, 0.3) is 11.5 Å². The third-order valence-corrected chi connectivity index (χ3v) is 6.22. The lowest BCUT2D eigenvalue weighted by molar-refractivity contribution is 0.0939. The maximum absolute atomic E-state index is 14.4. The van der Waals surface area contributed by atoms with Crippen LogP contribution in [0.4, 0.5) is 4.39 Å². The molecule has 0 saturated carbocycles. The molecular formula is C24H25ClFN5O3. The molecule has 0 fully saturated rings. The van der Waals surface area contributed by atoms with Crippen molar-refractivity contribution in [3.05, 3.63) is 79.2 Å². The zero-order valence-electron chi connectivity index (χ0n) is 19.3. The van der Waals surface area contributed by atoms with Crippen molar-refractivity contribution in [2.24, 2.45) is 0 Å². The Balaban J connectivity index is 1.99. The molecule has 8 nitrogen and oxygen atoms in total. The van der Waals surface area contributed by atoms with Crippen LogP contribution in [-0.4, -0.2) is 30.7 Å². The maximum Gasteiger partial charge on any atom is 0.352 e. The van der Waals surface area contributed by atoms with Gasteiger partial charge in [-0.2, -0.15) is 0 Å². The number of aromatic nitrogens is 4. The number of hydrogen-bond donors (Lipinski definition) is 1. The van der Waals surface area contributed by atoms with E-state index < -0.39 is 11.5 Å². The smallest absolute Gasteiger partial charge is 0.350 e. The number of benzene rings is 2. The van der Waals surface area contributed by atoms with Crippen LogP contribution in [0.15, 0.2) is 46.0 Å². The molecule has 2 heterocycles. The molecule has 0 aliphatic rings. The molecule has 0 bridgehead atoms. The van der Waals surface area contributed by atoms with Gasteiger partial charge >= 0.3 is 5.69 Å². The normalized spacial score (nSPS) is 12.6. The number of carbonyl (C=O) groups excluding carboxylic acids is 1. The molecule has 10 heteroatoms. The van der Waals surface area contributed by atoms with Crippen molar-refractivity contribution in [2.75, 3.05) is 0 Å². The summed E-state index contributed by atoms with van der Waals surface area (Å²) in [6.07, 6.45) is 0.757. The molecule has 178 valence electrons. The van der Waals surface area contributed by atoms with Crippen molar-refractivity contribution < 1.29 is 9.18 Å². The van der Waals surface area contributed by atoms with Gasteiger partial charge in [0.15, 0.2) is 0 Å². The molecule has 0 saturated heterocycles. The van der Waals surface area contributed by atoms with Crippen molar-refractivity contribution in [1.82, 2.24) is 24.1 Å². The zero-order chi connectivity index (χ0) is 24.7. The van der Waals surface area contributed by atoms with Gasteiger partial charge in [-0.05, 0) is 57.5 Å². The van der Waals surface area contributed by atoms with E-state index in [1.54, 1.807) is 26.0 Å². The summed E-state index contributed by atoms with van der Waals surface area (Å²) in [7, 11) is 0. The third kappa shape index (κ3) is 4.00. The van der Waals surface area contributed by atoms with E-state index in [2.05, 4.69) is 10.4 Å². The first-order valence-electron chi connectivity index (χ1n) is 11.1. The Kier molecular flexibility index (Phi) is 6.31. The summed E-state index contributed by atoms with van der Waals surface area (Å²) < 4.78 is 18.1. The zero-order valence-corrected chi connectivity index (χ0v) is 20.1. The Bertz CT molecular complexity index is 1520. The lowest BCUT2D eigenvalue weighted by Gasteiger charge is -2.14. The molecule has 4 rings (SSSR count). The number of hydrogen-bond acceptors (Lipinski definition) is 4. The summed E-state index contributed by atoms with van der Waals surface area (Å²) in [4.78, 5) is 39.4. The van der Waals surface area contributed by atoms with E-state index in [-0.39, 0.29) is 57.4 Å².